The summed E-state index contributed by atoms with van der Waals surface area (Å²) in [5.74, 6) is -0.767. The van der Waals surface area contributed by atoms with Crippen molar-refractivity contribution in [2.45, 2.75) is 32.7 Å². The van der Waals surface area contributed by atoms with Crippen LogP contribution in [0.1, 0.15) is 36.9 Å². The molecule has 3 heteroatoms. The van der Waals surface area contributed by atoms with Crippen molar-refractivity contribution in [2.75, 3.05) is 6.54 Å². The van der Waals surface area contributed by atoms with E-state index in [4.69, 9.17) is 5.11 Å². The summed E-state index contributed by atoms with van der Waals surface area (Å²) in [4.78, 5) is 10.8. The smallest absolute Gasteiger partial charge is 0.305 e. The summed E-state index contributed by atoms with van der Waals surface area (Å²) >= 11 is 0. The van der Waals surface area contributed by atoms with E-state index in [1.807, 2.05) is 31.2 Å². The largest absolute Gasteiger partial charge is 0.481 e. The quantitative estimate of drug-likeness (QED) is 0.776. The van der Waals surface area contributed by atoms with Gasteiger partial charge in [0, 0.05) is 6.04 Å². The van der Waals surface area contributed by atoms with Crippen molar-refractivity contribution < 1.29 is 9.90 Å². The molecule has 0 aromatic heterocycles. The minimum atomic E-state index is -0.767. The highest BCUT2D eigenvalue weighted by Crippen LogP contribution is 2.20. The fraction of sp³-hybridized carbons (Fsp3) is 0.462. The predicted molar refractivity (Wildman–Crippen MR) is 64.5 cm³/mol. The lowest BCUT2D eigenvalue weighted by Gasteiger charge is -2.19. The lowest BCUT2D eigenvalue weighted by molar-refractivity contribution is -0.137. The van der Waals surface area contributed by atoms with E-state index in [-0.39, 0.29) is 12.5 Å². The number of aryl methyl sites for hydroxylation is 1. The molecule has 0 fully saturated rings. The third-order valence-electron chi connectivity index (χ3n) is 2.58. The number of hydrogen-bond donors (Lipinski definition) is 2. The minimum Gasteiger partial charge on any atom is -0.481 e. The number of carboxylic acids is 1. The highest BCUT2D eigenvalue weighted by Gasteiger charge is 2.15. The molecule has 0 saturated heterocycles. The van der Waals surface area contributed by atoms with Gasteiger partial charge in [-0.05, 0) is 31.0 Å². The van der Waals surface area contributed by atoms with Crippen molar-refractivity contribution in [3.05, 3.63) is 35.4 Å². The van der Waals surface area contributed by atoms with Gasteiger partial charge < -0.3 is 10.4 Å². The van der Waals surface area contributed by atoms with Gasteiger partial charge in [-0.15, -0.1) is 0 Å². The Kier molecular flexibility index (Phi) is 4.99. The van der Waals surface area contributed by atoms with Gasteiger partial charge in [-0.25, -0.2) is 0 Å². The van der Waals surface area contributed by atoms with Crippen LogP contribution in [-0.2, 0) is 4.79 Å². The number of carbonyl (C=O) groups is 1. The molecular formula is C13H19NO2. The van der Waals surface area contributed by atoms with Crippen molar-refractivity contribution in [1.29, 1.82) is 0 Å². The molecule has 0 spiro atoms. The first-order chi connectivity index (χ1) is 7.65. The Bertz CT molecular complexity index is 350. The summed E-state index contributed by atoms with van der Waals surface area (Å²) in [6, 6.07) is 7.84. The molecule has 0 aliphatic heterocycles. The average molecular weight is 221 g/mol. The van der Waals surface area contributed by atoms with E-state index in [1.54, 1.807) is 0 Å². The Morgan fingerprint density at radius 1 is 1.44 bits per heavy atom. The van der Waals surface area contributed by atoms with Crippen molar-refractivity contribution in [2.24, 2.45) is 0 Å². The van der Waals surface area contributed by atoms with Gasteiger partial charge >= 0.3 is 5.97 Å². The second-order valence-corrected chi connectivity index (χ2v) is 3.96. The molecule has 0 aliphatic rings. The Hall–Kier alpha value is -1.35. The minimum absolute atomic E-state index is 0.0846. The summed E-state index contributed by atoms with van der Waals surface area (Å²) in [6.07, 6.45) is 1.13. The van der Waals surface area contributed by atoms with Crippen LogP contribution in [0.3, 0.4) is 0 Å². The van der Waals surface area contributed by atoms with Gasteiger partial charge in [-0.2, -0.15) is 0 Å². The van der Waals surface area contributed by atoms with E-state index in [9.17, 15) is 4.79 Å². The van der Waals surface area contributed by atoms with Crippen LogP contribution >= 0.6 is 0 Å². The van der Waals surface area contributed by atoms with Gasteiger partial charge in [0.2, 0.25) is 0 Å². The highest BCUT2D eigenvalue weighted by atomic mass is 16.4. The first-order valence-corrected chi connectivity index (χ1v) is 5.65. The third-order valence-corrected chi connectivity index (χ3v) is 2.58. The average Bonchev–Trinajstić information content (AvgIpc) is 2.24. The first-order valence-electron chi connectivity index (χ1n) is 5.65. The molecule has 0 heterocycles. The van der Waals surface area contributed by atoms with Crippen LogP contribution in [0.25, 0.3) is 0 Å². The molecule has 16 heavy (non-hydrogen) atoms. The van der Waals surface area contributed by atoms with Gasteiger partial charge in [0.25, 0.3) is 0 Å². The number of rotatable bonds is 6. The molecular weight excluding hydrogens is 202 g/mol. The molecule has 3 nitrogen and oxygen atoms in total. The van der Waals surface area contributed by atoms with E-state index in [0.717, 1.165) is 24.1 Å². The lowest BCUT2D eigenvalue weighted by Crippen LogP contribution is -2.25. The molecule has 2 N–H and O–H groups in total. The van der Waals surface area contributed by atoms with Crippen LogP contribution in [0, 0.1) is 6.92 Å². The molecule has 1 unspecified atom stereocenters. The second-order valence-electron chi connectivity index (χ2n) is 3.96. The maximum absolute atomic E-state index is 10.8. The molecule has 1 atom stereocenters. The van der Waals surface area contributed by atoms with E-state index < -0.39 is 5.97 Å². The fourth-order valence-corrected chi connectivity index (χ4v) is 1.76. The van der Waals surface area contributed by atoms with Crippen LogP contribution < -0.4 is 5.32 Å². The van der Waals surface area contributed by atoms with Crippen molar-refractivity contribution >= 4 is 5.97 Å². The van der Waals surface area contributed by atoms with E-state index >= 15 is 0 Å². The second kappa shape index (κ2) is 6.28. The summed E-state index contributed by atoms with van der Waals surface area (Å²) in [5.41, 5.74) is 2.22. The third kappa shape index (κ3) is 3.66. The van der Waals surface area contributed by atoms with Crippen molar-refractivity contribution in [3.8, 4) is 0 Å². The van der Waals surface area contributed by atoms with E-state index in [2.05, 4.69) is 12.2 Å². The molecule has 1 rings (SSSR count). The zero-order chi connectivity index (χ0) is 12.0. The number of hydrogen-bond acceptors (Lipinski definition) is 2. The van der Waals surface area contributed by atoms with Gasteiger partial charge in [-0.1, -0.05) is 31.2 Å². The summed E-state index contributed by atoms with van der Waals surface area (Å²) in [6.45, 7) is 4.92. The zero-order valence-corrected chi connectivity index (χ0v) is 9.86. The number of carboxylic acid groups (broad SMARTS) is 1. The molecule has 0 radical (unpaired) electrons. The highest BCUT2D eigenvalue weighted by molar-refractivity contribution is 5.68. The monoisotopic (exact) mass is 221 g/mol. The normalized spacial score (nSPS) is 12.4. The standard InChI is InChI=1S/C13H19NO2/c1-3-8-14-12(9-13(15)16)11-7-5-4-6-10(11)2/h4-7,12,14H,3,8-9H2,1-2H3,(H,15,16). The predicted octanol–water partition coefficient (Wildman–Crippen LogP) is 2.51. The SMILES string of the molecule is CCCNC(CC(=O)O)c1ccccc1C. The maximum atomic E-state index is 10.8. The topological polar surface area (TPSA) is 49.3 Å². The number of benzene rings is 1. The molecule has 0 saturated carbocycles. The molecule has 88 valence electrons. The van der Waals surface area contributed by atoms with E-state index in [1.165, 1.54) is 0 Å². The maximum Gasteiger partial charge on any atom is 0.305 e. The fourth-order valence-electron chi connectivity index (χ4n) is 1.76. The Balaban J connectivity index is 2.82. The summed E-state index contributed by atoms with van der Waals surface area (Å²) < 4.78 is 0. The summed E-state index contributed by atoms with van der Waals surface area (Å²) in [5, 5.41) is 12.2. The molecule has 0 aliphatic carbocycles. The Labute approximate surface area is 96.5 Å². The van der Waals surface area contributed by atoms with Crippen LogP contribution in [0.4, 0.5) is 0 Å². The number of aliphatic carboxylic acids is 1. The summed E-state index contributed by atoms with van der Waals surface area (Å²) in [7, 11) is 0. The number of nitrogens with one attached hydrogen (secondary N) is 1. The van der Waals surface area contributed by atoms with Crippen LogP contribution in [0.5, 0.6) is 0 Å². The van der Waals surface area contributed by atoms with Gasteiger partial charge in [0.15, 0.2) is 0 Å². The molecule has 0 amide bonds. The van der Waals surface area contributed by atoms with Crippen LogP contribution in [0.15, 0.2) is 24.3 Å². The van der Waals surface area contributed by atoms with Crippen molar-refractivity contribution in [1.82, 2.24) is 5.32 Å². The van der Waals surface area contributed by atoms with Gasteiger partial charge in [0.05, 0.1) is 6.42 Å². The zero-order valence-electron chi connectivity index (χ0n) is 9.86. The molecule has 1 aromatic rings. The van der Waals surface area contributed by atoms with Crippen molar-refractivity contribution in [3.63, 3.8) is 0 Å². The first kappa shape index (κ1) is 12.7. The Morgan fingerprint density at radius 2 is 2.12 bits per heavy atom. The van der Waals surface area contributed by atoms with Crippen LogP contribution in [-0.4, -0.2) is 17.6 Å². The molecule has 1 aromatic carbocycles. The Morgan fingerprint density at radius 3 is 2.69 bits per heavy atom. The molecule has 0 bridgehead atoms. The lowest BCUT2D eigenvalue weighted by atomic mass is 9.99. The van der Waals surface area contributed by atoms with Crippen LogP contribution in [0.2, 0.25) is 0 Å². The van der Waals surface area contributed by atoms with Gasteiger partial charge in [0.1, 0.15) is 0 Å². The van der Waals surface area contributed by atoms with Gasteiger partial charge in [-0.3, -0.25) is 4.79 Å². The van der Waals surface area contributed by atoms with E-state index in [0.29, 0.717) is 0 Å².